The van der Waals surface area contributed by atoms with E-state index < -0.39 is 57.0 Å². The van der Waals surface area contributed by atoms with Crippen LogP contribution in [0.1, 0.15) is 5.56 Å². The van der Waals surface area contributed by atoms with Gasteiger partial charge in [-0.05, 0) is 12.5 Å². The molecule has 7 heteroatoms. The predicted molar refractivity (Wildman–Crippen MR) is 50.1 cm³/mol. The van der Waals surface area contributed by atoms with Gasteiger partial charge in [-0.15, -0.1) is 0 Å². The standard InChI is InChI=1S/C11H4F6O/c1-2-3-4(6(13)8(15)5(2)12)7(14)9(16)10(17)11(3)18/h18H,1H3. The van der Waals surface area contributed by atoms with Gasteiger partial charge < -0.3 is 5.11 Å². The maximum Gasteiger partial charge on any atom is 0.204 e. The third-order valence-electron chi connectivity index (χ3n) is 2.61. The van der Waals surface area contributed by atoms with Crippen molar-refractivity contribution in [2.24, 2.45) is 0 Å². The minimum absolute atomic E-state index is 0.723. The summed E-state index contributed by atoms with van der Waals surface area (Å²) in [5, 5.41) is 6.97. The molecular weight excluding hydrogens is 262 g/mol. The third kappa shape index (κ3) is 1.36. The number of aromatic hydroxyl groups is 1. The van der Waals surface area contributed by atoms with Crippen LogP contribution >= 0.6 is 0 Å². The molecule has 0 fully saturated rings. The topological polar surface area (TPSA) is 20.2 Å². The Labute approximate surface area is 96.3 Å². The van der Waals surface area contributed by atoms with Gasteiger partial charge in [0.15, 0.2) is 34.8 Å². The summed E-state index contributed by atoms with van der Waals surface area (Å²) in [5.41, 5.74) is -0.723. The Balaban J connectivity index is 3.22. The second-order valence-electron chi connectivity index (χ2n) is 3.61. The molecule has 96 valence electrons. The Morgan fingerprint density at radius 1 is 0.611 bits per heavy atom. The first-order chi connectivity index (χ1) is 8.29. The van der Waals surface area contributed by atoms with Gasteiger partial charge >= 0.3 is 0 Å². The van der Waals surface area contributed by atoms with E-state index in [2.05, 4.69) is 0 Å². The molecule has 0 aliphatic carbocycles. The summed E-state index contributed by atoms with van der Waals surface area (Å²) in [7, 11) is 0. The summed E-state index contributed by atoms with van der Waals surface area (Å²) >= 11 is 0. The van der Waals surface area contributed by atoms with Crippen molar-refractivity contribution >= 4 is 10.8 Å². The molecule has 0 unspecified atom stereocenters. The maximum absolute atomic E-state index is 13.3. The van der Waals surface area contributed by atoms with Gasteiger partial charge in [0.05, 0.1) is 5.39 Å². The van der Waals surface area contributed by atoms with Crippen LogP contribution in [0.15, 0.2) is 0 Å². The molecular formula is C11H4F6O. The van der Waals surface area contributed by atoms with Gasteiger partial charge in [0.25, 0.3) is 0 Å². The van der Waals surface area contributed by atoms with E-state index in [1.807, 2.05) is 0 Å². The lowest BCUT2D eigenvalue weighted by Gasteiger charge is -2.11. The lowest BCUT2D eigenvalue weighted by atomic mass is 10.0. The van der Waals surface area contributed by atoms with Crippen LogP contribution in [0.25, 0.3) is 10.8 Å². The van der Waals surface area contributed by atoms with Crippen molar-refractivity contribution in [1.29, 1.82) is 0 Å². The quantitative estimate of drug-likeness (QED) is 0.569. The molecule has 2 rings (SSSR count). The van der Waals surface area contributed by atoms with Crippen molar-refractivity contribution in [3.63, 3.8) is 0 Å². The van der Waals surface area contributed by atoms with Gasteiger partial charge in [0.1, 0.15) is 0 Å². The monoisotopic (exact) mass is 266 g/mol. The molecule has 0 amide bonds. The average Bonchev–Trinajstić information content (AvgIpc) is 2.35. The second-order valence-corrected chi connectivity index (χ2v) is 3.61. The van der Waals surface area contributed by atoms with E-state index >= 15 is 0 Å². The molecule has 18 heavy (non-hydrogen) atoms. The molecule has 0 saturated carbocycles. The zero-order chi connectivity index (χ0) is 13.8. The predicted octanol–water partition coefficient (Wildman–Crippen LogP) is 3.69. The van der Waals surface area contributed by atoms with Crippen LogP contribution in [0.2, 0.25) is 0 Å². The Bertz CT molecular complexity index is 567. The number of phenols is 1. The number of fused-ring (bicyclic) bond motifs is 1. The van der Waals surface area contributed by atoms with E-state index in [1.54, 1.807) is 0 Å². The van der Waals surface area contributed by atoms with Gasteiger partial charge in [-0.2, -0.15) is 4.39 Å². The van der Waals surface area contributed by atoms with Crippen molar-refractivity contribution < 1.29 is 31.4 Å². The van der Waals surface area contributed by atoms with Crippen LogP contribution in [0, 0.1) is 41.8 Å². The van der Waals surface area contributed by atoms with Crippen LogP contribution in [-0.2, 0) is 0 Å². The smallest absolute Gasteiger partial charge is 0.204 e. The van der Waals surface area contributed by atoms with Crippen LogP contribution in [0.3, 0.4) is 0 Å². The highest BCUT2D eigenvalue weighted by Gasteiger charge is 2.28. The van der Waals surface area contributed by atoms with Crippen molar-refractivity contribution in [2.45, 2.75) is 6.92 Å². The minimum Gasteiger partial charge on any atom is -0.504 e. The maximum atomic E-state index is 13.3. The number of rotatable bonds is 0. The van der Waals surface area contributed by atoms with Crippen LogP contribution in [-0.4, -0.2) is 5.11 Å². The largest absolute Gasteiger partial charge is 0.504 e. The summed E-state index contributed by atoms with van der Waals surface area (Å²) < 4.78 is 79.0. The SMILES string of the molecule is Cc1c(F)c(F)c(F)c2c(F)c(F)c(F)c(O)c12. The fourth-order valence-electron chi connectivity index (χ4n) is 1.70. The highest BCUT2D eigenvalue weighted by atomic mass is 19.2. The van der Waals surface area contributed by atoms with E-state index in [4.69, 9.17) is 0 Å². The fourth-order valence-corrected chi connectivity index (χ4v) is 1.70. The Hall–Kier alpha value is -1.92. The van der Waals surface area contributed by atoms with Crippen molar-refractivity contribution in [3.05, 3.63) is 40.5 Å². The number of hydrogen-bond acceptors (Lipinski definition) is 1. The van der Waals surface area contributed by atoms with E-state index in [0.717, 1.165) is 6.92 Å². The molecule has 0 saturated heterocycles. The number of phenolic OH excluding ortho intramolecular Hbond substituents is 1. The first-order valence-corrected chi connectivity index (χ1v) is 4.61. The Morgan fingerprint density at radius 2 is 1.06 bits per heavy atom. The fraction of sp³-hybridized carbons (Fsp3) is 0.0909. The number of hydrogen-bond donors (Lipinski definition) is 1. The molecule has 1 nitrogen and oxygen atoms in total. The Morgan fingerprint density at radius 3 is 1.56 bits per heavy atom. The van der Waals surface area contributed by atoms with Gasteiger partial charge in [-0.1, -0.05) is 0 Å². The van der Waals surface area contributed by atoms with Gasteiger partial charge in [-0.3, -0.25) is 0 Å². The van der Waals surface area contributed by atoms with Gasteiger partial charge in [0, 0.05) is 5.39 Å². The van der Waals surface area contributed by atoms with Crippen molar-refractivity contribution in [2.75, 3.05) is 0 Å². The molecule has 0 aliphatic heterocycles. The van der Waals surface area contributed by atoms with E-state index in [1.165, 1.54) is 0 Å². The summed E-state index contributed by atoms with van der Waals surface area (Å²) in [6.07, 6.45) is 0. The lowest BCUT2D eigenvalue weighted by molar-refractivity contribution is 0.390. The number of aryl methyl sites for hydroxylation is 1. The highest BCUT2D eigenvalue weighted by molar-refractivity contribution is 5.92. The molecule has 2 aromatic rings. The lowest BCUT2D eigenvalue weighted by Crippen LogP contribution is -2.03. The summed E-state index contributed by atoms with van der Waals surface area (Å²) in [4.78, 5) is 0. The molecule has 0 atom stereocenters. The minimum atomic E-state index is -2.16. The van der Waals surface area contributed by atoms with Crippen LogP contribution in [0.4, 0.5) is 26.3 Å². The van der Waals surface area contributed by atoms with Gasteiger partial charge in [-0.25, -0.2) is 22.0 Å². The average molecular weight is 266 g/mol. The number of benzene rings is 2. The molecule has 2 aromatic carbocycles. The number of halogens is 6. The second kappa shape index (κ2) is 3.79. The summed E-state index contributed by atoms with van der Waals surface area (Å²) in [5.74, 6) is -13.4. The molecule has 1 N–H and O–H groups in total. The first-order valence-electron chi connectivity index (χ1n) is 4.61. The zero-order valence-corrected chi connectivity index (χ0v) is 8.72. The van der Waals surface area contributed by atoms with E-state index in [0.29, 0.717) is 0 Å². The van der Waals surface area contributed by atoms with Crippen LogP contribution < -0.4 is 0 Å². The summed E-state index contributed by atoms with van der Waals surface area (Å²) in [6, 6.07) is 0. The van der Waals surface area contributed by atoms with Gasteiger partial charge in [0.2, 0.25) is 5.82 Å². The summed E-state index contributed by atoms with van der Waals surface area (Å²) in [6.45, 7) is 0.872. The zero-order valence-electron chi connectivity index (χ0n) is 8.72. The molecule has 0 spiro atoms. The molecule has 0 bridgehead atoms. The van der Waals surface area contributed by atoms with Crippen molar-refractivity contribution in [1.82, 2.24) is 0 Å². The molecule has 0 aromatic heterocycles. The van der Waals surface area contributed by atoms with Crippen molar-refractivity contribution in [3.8, 4) is 5.75 Å². The molecule has 0 radical (unpaired) electrons. The first kappa shape index (κ1) is 12.5. The molecule has 0 aliphatic rings. The Kier molecular flexibility index (Phi) is 2.64. The molecule has 0 heterocycles. The van der Waals surface area contributed by atoms with Crippen LogP contribution in [0.5, 0.6) is 5.75 Å². The normalized spacial score (nSPS) is 11.3. The van der Waals surface area contributed by atoms with E-state index in [9.17, 15) is 31.4 Å². The third-order valence-corrected chi connectivity index (χ3v) is 2.61. The van der Waals surface area contributed by atoms with E-state index in [-0.39, 0.29) is 0 Å². The highest BCUT2D eigenvalue weighted by Crippen LogP contribution is 2.38.